The molecule has 4 aromatic rings. The van der Waals surface area contributed by atoms with Gasteiger partial charge in [-0.25, -0.2) is 9.78 Å². The summed E-state index contributed by atoms with van der Waals surface area (Å²) in [6.45, 7) is 3.90. The maximum absolute atomic E-state index is 13.3. The molecule has 8 heteroatoms. The fourth-order valence-electron chi connectivity index (χ4n) is 3.98. The van der Waals surface area contributed by atoms with Gasteiger partial charge in [0.15, 0.2) is 0 Å². The predicted molar refractivity (Wildman–Crippen MR) is 124 cm³/mol. The van der Waals surface area contributed by atoms with Gasteiger partial charge in [-0.1, -0.05) is 42.0 Å². The van der Waals surface area contributed by atoms with Crippen LogP contribution in [0.2, 0.25) is 0 Å². The number of anilines is 2. The molecule has 3 heterocycles. The fraction of sp³-hybridized carbons (Fsp3) is 0.250. The SMILES string of the molecule is Cc1cccc(-c2nn(-c3ccccc3)cc2C(=O)Nc2nc(N3CCCCC3)n[nH]2)c1. The first-order valence-electron chi connectivity index (χ1n) is 10.9. The molecule has 0 atom stereocenters. The Balaban J connectivity index is 1.45. The van der Waals surface area contributed by atoms with E-state index in [1.807, 2.05) is 61.5 Å². The average Bonchev–Trinajstić information content (AvgIpc) is 3.48. The molecule has 0 aliphatic carbocycles. The number of nitrogens with zero attached hydrogens (tertiary/aromatic N) is 5. The first-order valence-corrected chi connectivity index (χ1v) is 10.9. The number of carbonyl (C=O) groups excluding carboxylic acids is 1. The zero-order valence-electron chi connectivity index (χ0n) is 18.0. The normalized spacial score (nSPS) is 13.8. The monoisotopic (exact) mass is 427 g/mol. The number of hydrogen-bond donors (Lipinski definition) is 2. The van der Waals surface area contributed by atoms with Crippen LogP contribution in [0.4, 0.5) is 11.9 Å². The molecule has 1 amide bonds. The highest BCUT2D eigenvalue weighted by Crippen LogP contribution is 2.25. The minimum atomic E-state index is -0.287. The van der Waals surface area contributed by atoms with Crippen molar-refractivity contribution in [2.75, 3.05) is 23.3 Å². The molecule has 1 aliphatic rings. The lowest BCUT2D eigenvalue weighted by molar-refractivity contribution is 0.102. The third-order valence-electron chi connectivity index (χ3n) is 5.62. The van der Waals surface area contributed by atoms with Gasteiger partial charge in [0, 0.05) is 24.8 Å². The van der Waals surface area contributed by atoms with E-state index in [-0.39, 0.29) is 5.91 Å². The Morgan fingerprint density at radius 3 is 2.62 bits per heavy atom. The van der Waals surface area contributed by atoms with Gasteiger partial charge < -0.3 is 4.90 Å². The molecular weight excluding hydrogens is 402 g/mol. The number of aromatic amines is 1. The summed E-state index contributed by atoms with van der Waals surface area (Å²) in [5, 5.41) is 14.7. The lowest BCUT2D eigenvalue weighted by atomic mass is 10.1. The van der Waals surface area contributed by atoms with Crippen molar-refractivity contribution in [3.8, 4) is 16.9 Å². The van der Waals surface area contributed by atoms with Crippen LogP contribution in [0, 0.1) is 6.92 Å². The Hall–Kier alpha value is -3.94. The van der Waals surface area contributed by atoms with Crippen molar-refractivity contribution >= 4 is 17.8 Å². The third kappa shape index (κ3) is 4.12. The van der Waals surface area contributed by atoms with Crippen LogP contribution >= 0.6 is 0 Å². The van der Waals surface area contributed by atoms with Crippen molar-refractivity contribution in [2.24, 2.45) is 0 Å². The molecule has 32 heavy (non-hydrogen) atoms. The number of benzene rings is 2. The predicted octanol–water partition coefficient (Wildman–Crippen LogP) is 4.21. The number of piperidine rings is 1. The second kappa shape index (κ2) is 8.66. The number of amides is 1. The summed E-state index contributed by atoms with van der Waals surface area (Å²) in [5.74, 6) is 0.669. The van der Waals surface area contributed by atoms with Gasteiger partial charge in [0.2, 0.25) is 11.9 Å². The standard InChI is InChI=1S/C24H25N7O/c1-17-9-8-10-18(15-17)21-20(16-31(29-21)19-11-4-2-5-12-19)22(32)25-23-26-24(28-27-23)30-13-6-3-7-14-30/h2,4-5,8-12,15-16H,3,6-7,13-14H2,1H3,(H2,25,26,27,28,32). The van der Waals surface area contributed by atoms with Crippen LogP contribution in [0.15, 0.2) is 60.8 Å². The molecule has 162 valence electrons. The van der Waals surface area contributed by atoms with E-state index in [1.165, 1.54) is 6.42 Å². The van der Waals surface area contributed by atoms with Crippen LogP contribution < -0.4 is 10.2 Å². The molecule has 1 aliphatic heterocycles. The summed E-state index contributed by atoms with van der Waals surface area (Å²) in [5.41, 5.74) is 3.95. The molecule has 0 radical (unpaired) electrons. The molecular formula is C24H25N7O. The number of carbonyl (C=O) groups is 1. The van der Waals surface area contributed by atoms with Crippen LogP contribution in [-0.2, 0) is 0 Å². The fourth-order valence-corrected chi connectivity index (χ4v) is 3.98. The summed E-state index contributed by atoms with van der Waals surface area (Å²) in [6.07, 6.45) is 5.26. The van der Waals surface area contributed by atoms with E-state index in [4.69, 9.17) is 5.10 Å². The molecule has 1 fully saturated rings. The lowest BCUT2D eigenvalue weighted by Gasteiger charge is -2.24. The van der Waals surface area contributed by atoms with E-state index < -0.39 is 0 Å². The van der Waals surface area contributed by atoms with Gasteiger partial charge >= 0.3 is 0 Å². The zero-order valence-corrected chi connectivity index (χ0v) is 18.0. The topological polar surface area (TPSA) is 91.7 Å². The molecule has 2 N–H and O–H groups in total. The molecule has 0 unspecified atom stereocenters. The van der Waals surface area contributed by atoms with Crippen LogP contribution in [0.1, 0.15) is 35.2 Å². The van der Waals surface area contributed by atoms with E-state index in [9.17, 15) is 4.79 Å². The molecule has 8 nitrogen and oxygen atoms in total. The van der Waals surface area contributed by atoms with Gasteiger partial charge in [-0.05, 0) is 44.4 Å². The maximum atomic E-state index is 13.3. The van der Waals surface area contributed by atoms with Gasteiger partial charge in [0.1, 0.15) is 5.69 Å². The van der Waals surface area contributed by atoms with Crippen LogP contribution in [0.3, 0.4) is 0 Å². The van der Waals surface area contributed by atoms with Gasteiger partial charge in [-0.15, -0.1) is 5.10 Å². The van der Waals surface area contributed by atoms with Gasteiger partial charge in [0.25, 0.3) is 5.91 Å². The first-order chi connectivity index (χ1) is 15.7. The second-order valence-electron chi connectivity index (χ2n) is 8.03. The summed E-state index contributed by atoms with van der Waals surface area (Å²) in [4.78, 5) is 19.9. The van der Waals surface area contributed by atoms with Gasteiger partial charge in [-0.2, -0.15) is 10.1 Å². The third-order valence-corrected chi connectivity index (χ3v) is 5.62. The molecule has 5 rings (SSSR count). The largest absolute Gasteiger partial charge is 0.340 e. The van der Waals surface area contributed by atoms with Crippen molar-refractivity contribution < 1.29 is 4.79 Å². The highest BCUT2D eigenvalue weighted by molar-refractivity contribution is 6.07. The van der Waals surface area contributed by atoms with Crippen LogP contribution in [0.25, 0.3) is 16.9 Å². The molecule has 0 saturated carbocycles. The van der Waals surface area contributed by atoms with Crippen molar-refractivity contribution in [3.05, 3.63) is 71.9 Å². The first kappa shape index (κ1) is 20.0. The number of para-hydroxylation sites is 1. The van der Waals surface area contributed by atoms with Gasteiger partial charge in [0.05, 0.1) is 11.3 Å². The number of aromatic nitrogens is 5. The quantitative estimate of drug-likeness (QED) is 0.498. The zero-order chi connectivity index (χ0) is 21.9. The molecule has 2 aromatic heterocycles. The van der Waals surface area contributed by atoms with E-state index in [1.54, 1.807) is 10.9 Å². The molecule has 0 bridgehead atoms. The number of H-pyrrole nitrogens is 1. The van der Waals surface area contributed by atoms with E-state index >= 15 is 0 Å². The minimum Gasteiger partial charge on any atom is -0.340 e. The van der Waals surface area contributed by atoms with Crippen molar-refractivity contribution in [3.63, 3.8) is 0 Å². The number of nitrogens with one attached hydrogen (secondary N) is 2. The second-order valence-corrected chi connectivity index (χ2v) is 8.03. The summed E-state index contributed by atoms with van der Waals surface area (Å²) >= 11 is 0. The molecule has 1 saturated heterocycles. The highest BCUT2D eigenvalue weighted by Gasteiger charge is 2.21. The Kier molecular flexibility index (Phi) is 5.41. The summed E-state index contributed by atoms with van der Waals surface area (Å²) in [7, 11) is 0. The molecule has 0 spiro atoms. The average molecular weight is 428 g/mol. The summed E-state index contributed by atoms with van der Waals surface area (Å²) < 4.78 is 1.73. The number of hydrogen-bond acceptors (Lipinski definition) is 5. The van der Waals surface area contributed by atoms with Crippen molar-refractivity contribution in [2.45, 2.75) is 26.2 Å². The van der Waals surface area contributed by atoms with E-state index in [0.717, 1.165) is 42.7 Å². The van der Waals surface area contributed by atoms with Crippen LogP contribution in [-0.4, -0.2) is 44.0 Å². The Labute approximate surface area is 186 Å². The smallest absolute Gasteiger partial charge is 0.261 e. The van der Waals surface area contributed by atoms with E-state index in [2.05, 4.69) is 25.4 Å². The lowest BCUT2D eigenvalue weighted by Crippen LogP contribution is -2.30. The Morgan fingerprint density at radius 2 is 1.84 bits per heavy atom. The van der Waals surface area contributed by atoms with Crippen LogP contribution in [0.5, 0.6) is 0 Å². The molecule has 2 aromatic carbocycles. The Bertz CT molecular complexity index is 1220. The number of aryl methyl sites for hydroxylation is 1. The maximum Gasteiger partial charge on any atom is 0.261 e. The van der Waals surface area contributed by atoms with E-state index in [0.29, 0.717) is 23.2 Å². The Morgan fingerprint density at radius 1 is 1.03 bits per heavy atom. The van der Waals surface area contributed by atoms with Crippen molar-refractivity contribution in [1.29, 1.82) is 0 Å². The minimum absolute atomic E-state index is 0.287. The summed E-state index contributed by atoms with van der Waals surface area (Å²) in [6, 6.07) is 17.7. The van der Waals surface area contributed by atoms with Crippen molar-refractivity contribution in [1.82, 2.24) is 25.0 Å². The van der Waals surface area contributed by atoms with Gasteiger partial charge in [-0.3, -0.25) is 10.1 Å². The number of rotatable bonds is 5. The highest BCUT2D eigenvalue weighted by atomic mass is 16.1.